The minimum absolute atomic E-state index is 0.0236. The third kappa shape index (κ3) is 6.92. The summed E-state index contributed by atoms with van der Waals surface area (Å²) in [6, 6.07) is 22.2. The first-order chi connectivity index (χ1) is 15.8. The number of amides is 3. The maximum Gasteiger partial charge on any atom is 0.253 e. The Balaban J connectivity index is 1.70. The summed E-state index contributed by atoms with van der Waals surface area (Å²) in [5, 5.41) is 8.90. The third-order valence-electron chi connectivity index (χ3n) is 4.87. The first-order valence-corrected chi connectivity index (χ1v) is 11.0. The molecule has 1 unspecified atom stereocenters. The topological polar surface area (TPSA) is 87.3 Å². The minimum Gasteiger partial charge on any atom is -0.350 e. The molecule has 3 aromatic carbocycles. The van der Waals surface area contributed by atoms with Gasteiger partial charge in [0.1, 0.15) is 0 Å². The van der Waals surface area contributed by atoms with Crippen molar-refractivity contribution >= 4 is 35.0 Å². The lowest BCUT2D eigenvalue weighted by Crippen LogP contribution is -2.31. The number of rotatable bonds is 8. The first-order valence-electron chi connectivity index (χ1n) is 10.6. The Morgan fingerprint density at radius 2 is 1.42 bits per heavy atom. The van der Waals surface area contributed by atoms with Crippen molar-refractivity contribution < 1.29 is 14.4 Å². The maximum absolute atomic E-state index is 12.8. The molecule has 1 atom stereocenters. The number of benzene rings is 3. The predicted molar refractivity (Wildman–Crippen MR) is 130 cm³/mol. The van der Waals surface area contributed by atoms with Crippen LogP contribution >= 0.6 is 11.6 Å². The fraction of sp³-hybridized carbons (Fsp3) is 0.192. The molecule has 0 heterocycles. The molecule has 0 saturated carbocycles. The van der Waals surface area contributed by atoms with Crippen LogP contribution in [0.4, 0.5) is 5.69 Å². The standard InChI is InChI=1S/C26H26ClN3O3/c1-17(2)28-25(32)19-12-14-20(15-13-19)29-24(31)16-23(18-8-4-3-5-9-18)30-26(33)21-10-6-7-11-22(21)27/h3-15,17,23H,16H2,1-2H3,(H,28,32)(H,29,31)(H,30,33). The van der Waals surface area contributed by atoms with Crippen LogP contribution in [0.1, 0.15) is 52.6 Å². The normalized spacial score (nSPS) is 11.5. The molecule has 0 saturated heterocycles. The second kappa shape index (κ2) is 11.3. The van der Waals surface area contributed by atoms with Crippen molar-refractivity contribution in [2.24, 2.45) is 0 Å². The van der Waals surface area contributed by atoms with Gasteiger partial charge >= 0.3 is 0 Å². The van der Waals surface area contributed by atoms with E-state index >= 15 is 0 Å². The smallest absolute Gasteiger partial charge is 0.253 e. The zero-order valence-corrected chi connectivity index (χ0v) is 19.2. The first kappa shape index (κ1) is 24.0. The Labute approximate surface area is 198 Å². The van der Waals surface area contributed by atoms with Crippen LogP contribution in [-0.2, 0) is 4.79 Å². The van der Waals surface area contributed by atoms with Crippen LogP contribution in [-0.4, -0.2) is 23.8 Å². The van der Waals surface area contributed by atoms with Crippen LogP contribution < -0.4 is 16.0 Å². The van der Waals surface area contributed by atoms with Crippen molar-refractivity contribution in [3.63, 3.8) is 0 Å². The summed E-state index contributed by atoms with van der Waals surface area (Å²) in [6.45, 7) is 3.78. The molecule has 170 valence electrons. The molecule has 3 aromatic rings. The van der Waals surface area contributed by atoms with E-state index in [1.807, 2.05) is 44.2 Å². The molecule has 0 bridgehead atoms. The Morgan fingerprint density at radius 1 is 0.788 bits per heavy atom. The van der Waals surface area contributed by atoms with E-state index in [4.69, 9.17) is 11.6 Å². The maximum atomic E-state index is 12.8. The van der Waals surface area contributed by atoms with E-state index in [-0.39, 0.29) is 30.2 Å². The van der Waals surface area contributed by atoms with Crippen LogP contribution in [0.25, 0.3) is 0 Å². The van der Waals surface area contributed by atoms with Gasteiger partial charge in [-0.2, -0.15) is 0 Å². The molecular weight excluding hydrogens is 438 g/mol. The molecule has 0 aliphatic rings. The summed E-state index contributed by atoms with van der Waals surface area (Å²) < 4.78 is 0. The Bertz CT molecular complexity index is 1120. The molecule has 33 heavy (non-hydrogen) atoms. The lowest BCUT2D eigenvalue weighted by atomic mass is 10.0. The van der Waals surface area contributed by atoms with Gasteiger partial charge < -0.3 is 16.0 Å². The number of carbonyl (C=O) groups is 3. The number of hydrogen-bond acceptors (Lipinski definition) is 3. The van der Waals surface area contributed by atoms with Crippen molar-refractivity contribution in [2.75, 3.05) is 5.32 Å². The van der Waals surface area contributed by atoms with E-state index in [0.717, 1.165) is 5.56 Å². The highest BCUT2D eigenvalue weighted by Gasteiger charge is 2.20. The number of carbonyl (C=O) groups excluding carboxylic acids is 3. The van der Waals surface area contributed by atoms with E-state index in [1.54, 1.807) is 48.5 Å². The molecule has 0 aliphatic heterocycles. The van der Waals surface area contributed by atoms with Crippen LogP contribution in [0.15, 0.2) is 78.9 Å². The van der Waals surface area contributed by atoms with Gasteiger partial charge in [-0.05, 0) is 55.8 Å². The van der Waals surface area contributed by atoms with E-state index in [1.165, 1.54) is 0 Å². The molecule has 0 radical (unpaired) electrons. The molecule has 7 heteroatoms. The second-order valence-corrected chi connectivity index (χ2v) is 8.28. The van der Waals surface area contributed by atoms with Crippen LogP contribution in [0, 0.1) is 0 Å². The summed E-state index contributed by atoms with van der Waals surface area (Å²) in [5.74, 6) is -0.806. The quantitative estimate of drug-likeness (QED) is 0.440. The van der Waals surface area contributed by atoms with Gasteiger partial charge in [-0.1, -0.05) is 54.1 Å². The minimum atomic E-state index is -0.550. The Hall–Kier alpha value is -3.64. The monoisotopic (exact) mass is 463 g/mol. The van der Waals surface area contributed by atoms with Gasteiger partial charge in [0.05, 0.1) is 23.0 Å². The van der Waals surface area contributed by atoms with E-state index in [0.29, 0.717) is 21.8 Å². The molecule has 3 N–H and O–H groups in total. The molecular formula is C26H26ClN3O3. The molecule has 3 rings (SSSR count). The number of halogens is 1. The van der Waals surface area contributed by atoms with Crippen molar-refractivity contribution in [3.8, 4) is 0 Å². The van der Waals surface area contributed by atoms with E-state index in [9.17, 15) is 14.4 Å². The van der Waals surface area contributed by atoms with Crippen molar-refractivity contribution in [2.45, 2.75) is 32.4 Å². The fourth-order valence-electron chi connectivity index (χ4n) is 3.27. The lowest BCUT2D eigenvalue weighted by molar-refractivity contribution is -0.116. The van der Waals surface area contributed by atoms with Gasteiger partial charge in [0.25, 0.3) is 11.8 Å². The average Bonchev–Trinajstić information content (AvgIpc) is 2.79. The fourth-order valence-corrected chi connectivity index (χ4v) is 3.49. The molecule has 0 aliphatic carbocycles. The summed E-state index contributed by atoms with van der Waals surface area (Å²) in [7, 11) is 0. The van der Waals surface area contributed by atoms with Crippen LogP contribution in [0.5, 0.6) is 0 Å². The second-order valence-electron chi connectivity index (χ2n) is 7.87. The lowest BCUT2D eigenvalue weighted by Gasteiger charge is -2.19. The van der Waals surface area contributed by atoms with Crippen LogP contribution in [0.2, 0.25) is 5.02 Å². The summed E-state index contributed by atoms with van der Waals surface area (Å²) in [5.41, 5.74) is 2.21. The predicted octanol–water partition coefficient (Wildman–Crippen LogP) is 4.98. The van der Waals surface area contributed by atoms with Gasteiger partial charge in [-0.15, -0.1) is 0 Å². The van der Waals surface area contributed by atoms with Gasteiger partial charge in [-0.3, -0.25) is 14.4 Å². The highest BCUT2D eigenvalue weighted by atomic mass is 35.5. The number of nitrogens with one attached hydrogen (secondary N) is 3. The van der Waals surface area contributed by atoms with Crippen molar-refractivity contribution in [1.29, 1.82) is 0 Å². The van der Waals surface area contributed by atoms with E-state index in [2.05, 4.69) is 16.0 Å². The van der Waals surface area contributed by atoms with Gasteiger partial charge in [-0.25, -0.2) is 0 Å². The summed E-state index contributed by atoms with van der Waals surface area (Å²) in [4.78, 5) is 37.7. The summed E-state index contributed by atoms with van der Waals surface area (Å²) >= 11 is 6.16. The zero-order chi connectivity index (χ0) is 23.8. The van der Waals surface area contributed by atoms with Crippen molar-refractivity contribution in [3.05, 3.63) is 101 Å². The summed E-state index contributed by atoms with van der Waals surface area (Å²) in [6.07, 6.45) is 0.0236. The average molecular weight is 464 g/mol. The van der Waals surface area contributed by atoms with Gasteiger partial charge in [0.15, 0.2) is 0 Å². The van der Waals surface area contributed by atoms with Gasteiger partial charge in [0, 0.05) is 17.3 Å². The van der Waals surface area contributed by atoms with E-state index < -0.39 is 6.04 Å². The zero-order valence-electron chi connectivity index (χ0n) is 18.5. The molecule has 0 fully saturated rings. The van der Waals surface area contributed by atoms with Crippen molar-refractivity contribution in [1.82, 2.24) is 10.6 Å². The molecule has 0 aromatic heterocycles. The van der Waals surface area contributed by atoms with Crippen LogP contribution in [0.3, 0.4) is 0 Å². The largest absolute Gasteiger partial charge is 0.350 e. The Kier molecular flexibility index (Phi) is 8.22. The third-order valence-corrected chi connectivity index (χ3v) is 5.20. The number of hydrogen-bond donors (Lipinski definition) is 3. The SMILES string of the molecule is CC(C)NC(=O)c1ccc(NC(=O)CC(NC(=O)c2ccccc2Cl)c2ccccc2)cc1. The highest BCUT2D eigenvalue weighted by molar-refractivity contribution is 6.33. The number of anilines is 1. The molecule has 6 nitrogen and oxygen atoms in total. The van der Waals surface area contributed by atoms with Gasteiger partial charge in [0.2, 0.25) is 5.91 Å². The Morgan fingerprint density at radius 3 is 2.06 bits per heavy atom. The molecule has 0 spiro atoms. The molecule has 3 amide bonds. The highest BCUT2D eigenvalue weighted by Crippen LogP contribution is 2.21.